The zero-order valence-electron chi connectivity index (χ0n) is 17.9. The first-order chi connectivity index (χ1) is 14.9. The number of fused-ring (bicyclic) bond motifs is 1. The van der Waals surface area contributed by atoms with Gasteiger partial charge in [0.05, 0.1) is 12.2 Å². The Hall–Kier alpha value is -2.84. The summed E-state index contributed by atoms with van der Waals surface area (Å²) in [5.41, 5.74) is 2.50. The maximum atomic E-state index is 12.7. The van der Waals surface area contributed by atoms with Gasteiger partial charge in [0, 0.05) is 42.3 Å². The molecule has 0 saturated carbocycles. The quantitative estimate of drug-likeness (QED) is 0.660. The minimum absolute atomic E-state index is 0.0338. The van der Waals surface area contributed by atoms with Crippen LogP contribution in [0.1, 0.15) is 18.4 Å². The zero-order valence-corrected chi connectivity index (χ0v) is 18.7. The molecule has 2 N–H and O–H groups in total. The van der Waals surface area contributed by atoms with Gasteiger partial charge in [0.15, 0.2) is 0 Å². The molecule has 2 aromatic rings. The third-order valence-corrected chi connectivity index (χ3v) is 5.80. The molecule has 1 aliphatic rings. The Morgan fingerprint density at radius 1 is 1.03 bits per heavy atom. The van der Waals surface area contributed by atoms with Crippen molar-refractivity contribution >= 4 is 40.9 Å². The number of rotatable bonds is 8. The van der Waals surface area contributed by atoms with Gasteiger partial charge in [-0.15, -0.1) is 11.8 Å². The number of amides is 3. The van der Waals surface area contributed by atoms with Crippen molar-refractivity contribution in [3.8, 4) is 0 Å². The fourth-order valence-electron chi connectivity index (χ4n) is 3.32. The number of nitrogens with zero attached hydrogens (tertiary/aromatic N) is 2. The highest BCUT2D eigenvalue weighted by Crippen LogP contribution is 2.34. The lowest BCUT2D eigenvalue weighted by atomic mass is 10.2. The van der Waals surface area contributed by atoms with E-state index in [1.54, 1.807) is 21.6 Å². The van der Waals surface area contributed by atoms with Crippen LogP contribution in [-0.4, -0.2) is 55.6 Å². The molecule has 1 aliphatic heterocycles. The lowest BCUT2D eigenvalue weighted by Gasteiger charge is -2.29. The molecule has 164 valence electrons. The Morgan fingerprint density at radius 3 is 2.65 bits per heavy atom. The van der Waals surface area contributed by atoms with Crippen molar-refractivity contribution in [1.29, 1.82) is 0 Å². The highest BCUT2D eigenvalue weighted by atomic mass is 32.2. The number of para-hydroxylation sites is 1. The van der Waals surface area contributed by atoms with E-state index in [9.17, 15) is 14.4 Å². The molecule has 3 rings (SSSR count). The first-order valence-corrected chi connectivity index (χ1v) is 11.2. The first-order valence-electron chi connectivity index (χ1n) is 10.2. The topological polar surface area (TPSA) is 81.8 Å². The number of likely N-dealkylation sites (N-methyl/N-ethyl adjacent to an activating group) is 1. The van der Waals surface area contributed by atoms with Crippen LogP contribution in [-0.2, 0) is 20.9 Å². The first kappa shape index (κ1) is 22.8. The van der Waals surface area contributed by atoms with Crippen LogP contribution in [0, 0.1) is 0 Å². The monoisotopic (exact) mass is 440 g/mol. The minimum atomic E-state index is -0.171. The van der Waals surface area contributed by atoms with Gasteiger partial charge in [0.2, 0.25) is 17.7 Å². The summed E-state index contributed by atoms with van der Waals surface area (Å²) in [6.07, 6.45) is 0.315. The largest absolute Gasteiger partial charge is 0.352 e. The van der Waals surface area contributed by atoms with E-state index in [2.05, 4.69) is 10.6 Å². The van der Waals surface area contributed by atoms with E-state index in [-0.39, 0.29) is 30.6 Å². The lowest BCUT2D eigenvalue weighted by molar-refractivity contribution is -0.125. The van der Waals surface area contributed by atoms with Gasteiger partial charge in [0.1, 0.15) is 0 Å². The molecule has 0 aliphatic carbocycles. The molecule has 0 aromatic heterocycles. The molecular formula is C23H28N4O3S. The standard InChI is InChI=1S/C23H28N4O3S/c1-26(2)16-22(29)25-18-7-5-6-17(14-18)15-24-21(28)10-11-23(30)27-12-13-31-20-9-4-3-8-19(20)27/h3-9,14H,10-13,15-16H2,1-2H3,(H,24,28)(H,25,29). The third-order valence-electron chi connectivity index (χ3n) is 4.76. The molecular weight excluding hydrogens is 412 g/mol. The normalized spacial score (nSPS) is 12.9. The predicted molar refractivity (Wildman–Crippen MR) is 124 cm³/mol. The van der Waals surface area contributed by atoms with E-state index in [4.69, 9.17) is 0 Å². The van der Waals surface area contributed by atoms with Crippen LogP contribution < -0.4 is 15.5 Å². The molecule has 0 atom stereocenters. The minimum Gasteiger partial charge on any atom is -0.352 e. The van der Waals surface area contributed by atoms with Crippen LogP contribution in [0.25, 0.3) is 0 Å². The number of hydrogen-bond donors (Lipinski definition) is 2. The summed E-state index contributed by atoms with van der Waals surface area (Å²) in [7, 11) is 3.67. The molecule has 0 fully saturated rings. The second-order valence-corrected chi connectivity index (χ2v) is 8.76. The third kappa shape index (κ3) is 6.83. The highest BCUT2D eigenvalue weighted by molar-refractivity contribution is 7.99. The molecule has 0 bridgehead atoms. The van der Waals surface area contributed by atoms with Crippen molar-refractivity contribution in [2.45, 2.75) is 24.3 Å². The van der Waals surface area contributed by atoms with Crippen LogP contribution in [0.4, 0.5) is 11.4 Å². The molecule has 0 saturated heterocycles. The molecule has 1 heterocycles. The van der Waals surface area contributed by atoms with E-state index in [1.165, 1.54) is 0 Å². The number of nitrogens with one attached hydrogen (secondary N) is 2. The van der Waals surface area contributed by atoms with Gasteiger partial charge in [-0.05, 0) is 43.9 Å². The van der Waals surface area contributed by atoms with Gasteiger partial charge < -0.3 is 20.4 Å². The summed E-state index contributed by atoms with van der Waals surface area (Å²) in [6, 6.07) is 15.2. The van der Waals surface area contributed by atoms with Gasteiger partial charge in [-0.3, -0.25) is 14.4 Å². The van der Waals surface area contributed by atoms with Crippen LogP contribution >= 0.6 is 11.8 Å². The SMILES string of the molecule is CN(C)CC(=O)Nc1cccc(CNC(=O)CCC(=O)N2CCSc3ccccc32)c1. The number of hydrogen-bond acceptors (Lipinski definition) is 5. The van der Waals surface area contributed by atoms with Crippen molar-refractivity contribution in [2.24, 2.45) is 0 Å². The fraction of sp³-hybridized carbons (Fsp3) is 0.348. The molecule has 3 amide bonds. The van der Waals surface area contributed by atoms with Crippen LogP contribution in [0.5, 0.6) is 0 Å². The van der Waals surface area contributed by atoms with E-state index >= 15 is 0 Å². The predicted octanol–water partition coefficient (Wildman–Crippen LogP) is 2.72. The maximum absolute atomic E-state index is 12.7. The number of carbonyl (C=O) groups is 3. The number of anilines is 2. The molecule has 8 heteroatoms. The Kier molecular flexibility index (Phi) is 8.08. The molecule has 31 heavy (non-hydrogen) atoms. The van der Waals surface area contributed by atoms with Crippen LogP contribution in [0.15, 0.2) is 53.4 Å². The summed E-state index contributed by atoms with van der Waals surface area (Å²) in [6.45, 7) is 1.30. The van der Waals surface area contributed by atoms with Crippen molar-refractivity contribution in [1.82, 2.24) is 10.2 Å². The smallest absolute Gasteiger partial charge is 0.238 e. The summed E-state index contributed by atoms with van der Waals surface area (Å²) in [4.78, 5) is 41.5. The molecule has 0 spiro atoms. The summed E-state index contributed by atoms with van der Waals surface area (Å²) in [5, 5.41) is 5.70. The number of benzene rings is 2. The van der Waals surface area contributed by atoms with E-state index < -0.39 is 0 Å². The Labute approximate surface area is 187 Å². The lowest BCUT2D eigenvalue weighted by Crippen LogP contribution is -2.36. The summed E-state index contributed by atoms with van der Waals surface area (Å²) < 4.78 is 0. The second kappa shape index (κ2) is 11.0. The fourth-order valence-corrected chi connectivity index (χ4v) is 4.31. The van der Waals surface area contributed by atoms with Crippen molar-refractivity contribution in [3.63, 3.8) is 0 Å². The van der Waals surface area contributed by atoms with E-state index in [1.807, 2.05) is 62.6 Å². The Balaban J connectivity index is 1.46. The van der Waals surface area contributed by atoms with Crippen LogP contribution in [0.3, 0.4) is 0 Å². The maximum Gasteiger partial charge on any atom is 0.238 e. The van der Waals surface area contributed by atoms with Gasteiger partial charge in [-0.1, -0.05) is 24.3 Å². The molecule has 0 unspecified atom stereocenters. The van der Waals surface area contributed by atoms with Gasteiger partial charge in [-0.25, -0.2) is 0 Å². The van der Waals surface area contributed by atoms with Crippen LogP contribution in [0.2, 0.25) is 0 Å². The Bertz CT molecular complexity index is 948. The average Bonchev–Trinajstić information content (AvgIpc) is 2.75. The zero-order chi connectivity index (χ0) is 22.2. The highest BCUT2D eigenvalue weighted by Gasteiger charge is 2.22. The van der Waals surface area contributed by atoms with Gasteiger partial charge in [-0.2, -0.15) is 0 Å². The number of thioether (sulfide) groups is 1. The summed E-state index contributed by atoms with van der Waals surface area (Å²) in [5.74, 6) is 0.557. The molecule has 0 radical (unpaired) electrons. The van der Waals surface area contributed by atoms with Crippen molar-refractivity contribution in [3.05, 3.63) is 54.1 Å². The van der Waals surface area contributed by atoms with Crippen molar-refractivity contribution < 1.29 is 14.4 Å². The Morgan fingerprint density at radius 2 is 1.84 bits per heavy atom. The van der Waals surface area contributed by atoms with Crippen molar-refractivity contribution in [2.75, 3.05) is 43.2 Å². The average molecular weight is 441 g/mol. The number of carbonyl (C=O) groups excluding carboxylic acids is 3. The van der Waals surface area contributed by atoms with E-state index in [0.29, 0.717) is 25.3 Å². The van der Waals surface area contributed by atoms with Gasteiger partial charge >= 0.3 is 0 Å². The second-order valence-electron chi connectivity index (χ2n) is 7.62. The molecule has 2 aromatic carbocycles. The summed E-state index contributed by atoms with van der Waals surface area (Å²) >= 11 is 1.75. The van der Waals surface area contributed by atoms with Gasteiger partial charge in [0.25, 0.3) is 0 Å². The molecule has 7 nitrogen and oxygen atoms in total. The van der Waals surface area contributed by atoms with E-state index in [0.717, 1.165) is 21.9 Å².